The van der Waals surface area contributed by atoms with Gasteiger partial charge in [-0.2, -0.15) is 0 Å². The van der Waals surface area contributed by atoms with Crippen LogP contribution in [0.25, 0.3) is 0 Å². The summed E-state index contributed by atoms with van der Waals surface area (Å²) in [4.78, 5) is 31.7. The van der Waals surface area contributed by atoms with Crippen LogP contribution >= 0.6 is 0 Å². The molecule has 1 aliphatic heterocycles. The van der Waals surface area contributed by atoms with E-state index in [0.29, 0.717) is 19.8 Å². The van der Waals surface area contributed by atoms with E-state index in [2.05, 4.69) is 10.1 Å². The molecule has 0 aromatic carbocycles. The molecule has 25 heavy (non-hydrogen) atoms. The molecule has 138 valence electrons. The smallest absolute Gasteiger partial charge is 0.293 e. The zero-order valence-electron chi connectivity index (χ0n) is 14.9. The lowest BCUT2D eigenvalue weighted by Gasteiger charge is -2.36. The van der Waals surface area contributed by atoms with E-state index in [9.17, 15) is 9.59 Å². The zero-order chi connectivity index (χ0) is 18.0. The molecule has 1 saturated carbocycles. The van der Waals surface area contributed by atoms with E-state index in [1.807, 2.05) is 4.90 Å². The van der Waals surface area contributed by atoms with Gasteiger partial charge in [0.2, 0.25) is 11.7 Å². The van der Waals surface area contributed by atoms with Gasteiger partial charge in [0.05, 0.1) is 25.4 Å². The van der Waals surface area contributed by atoms with Gasteiger partial charge >= 0.3 is 0 Å². The molecule has 1 aliphatic carbocycles. The molecular formula is C16H25N5O4. The first-order chi connectivity index (χ1) is 12.0. The summed E-state index contributed by atoms with van der Waals surface area (Å²) in [5.41, 5.74) is 0. The summed E-state index contributed by atoms with van der Waals surface area (Å²) in [5, 5.41) is 4.11. The number of amides is 2. The number of likely N-dealkylation sites (N-methyl/N-ethyl adjacent to an activating group) is 1. The van der Waals surface area contributed by atoms with Gasteiger partial charge in [0.25, 0.3) is 5.91 Å². The monoisotopic (exact) mass is 351 g/mol. The fourth-order valence-corrected chi connectivity index (χ4v) is 3.45. The number of aromatic nitrogens is 3. The molecule has 2 fully saturated rings. The summed E-state index contributed by atoms with van der Waals surface area (Å²) >= 11 is 0. The second-order valence-corrected chi connectivity index (χ2v) is 6.86. The summed E-state index contributed by atoms with van der Waals surface area (Å²) in [5.74, 6) is 0.294. The van der Waals surface area contributed by atoms with Crippen molar-refractivity contribution < 1.29 is 19.1 Å². The zero-order valence-corrected chi connectivity index (χ0v) is 14.9. The summed E-state index contributed by atoms with van der Waals surface area (Å²) in [7, 11) is 5.15. The third kappa shape index (κ3) is 3.98. The molecule has 0 unspecified atom stereocenters. The van der Waals surface area contributed by atoms with Gasteiger partial charge in [0, 0.05) is 27.7 Å². The van der Waals surface area contributed by atoms with E-state index in [-0.39, 0.29) is 42.3 Å². The Morgan fingerprint density at radius 1 is 1.40 bits per heavy atom. The Kier molecular flexibility index (Phi) is 5.33. The number of hydrogen-bond acceptors (Lipinski definition) is 6. The van der Waals surface area contributed by atoms with Gasteiger partial charge in [0.1, 0.15) is 12.9 Å². The minimum atomic E-state index is -0.150. The maximum atomic E-state index is 12.7. The molecule has 1 saturated heterocycles. The molecule has 3 atom stereocenters. The Morgan fingerprint density at radius 2 is 2.20 bits per heavy atom. The highest BCUT2D eigenvalue weighted by atomic mass is 16.5. The fourth-order valence-electron chi connectivity index (χ4n) is 3.45. The number of fused-ring (bicyclic) bond motifs is 1. The molecule has 3 rings (SSSR count). The highest BCUT2D eigenvalue weighted by Crippen LogP contribution is 2.34. The van der Waals surface area contributed by atoms with E-state index in [0.717, 1.165) is 12.8 Å². The Balaban J connectivity index is 1.57. The quantitative estimate of drug-likeness (QED) is 0.713. The second kappa shape index (κ2) is 7.49. The summed E-state index contributed by atoms with van der Waals surface area (Å²) in [6, 6.07) is 0.0169. The molecule has 2 aliphatic rings. The van der Waals surface area contributed by atoms with E-state index in [1.165, 1.54) is 15.9 Å². The van der Waals surface area contributed by atoms with Crippen LogP contribution in [0.15, 0.2) is 6.33 Å². The first-order valence-corrected chi connectivity index (χ1v) is 8.51. The maximum absolute atomic E-state index is 12.7. The largest absolute Gasteiger partial charge is 0.374 e. The van der Waals surface area contributed by atoms with Crippen molar-refractivity contribution in [2.75, 3.05) is 40.5 Å². The van der Waals surface area contributed by atoms with Crippen LogP contribution in [0.4, 0.5) is 0 Å². The van der Waals surface area contributed by atoms with Crippen molar-refractivity contribution in [3.63, 3.8) is 0 Å². The normalized spacial score (nSPS) is 25.7. The highest BCUT2D eigenvalue weighted by molar-refractivity contribution is 5.90. The lowest BCUT2D eigenvalue weighted by atomic mass is 10.1. The van der Waals surface area contributed by atoms with Gasteiger partial charge in [0.15, 0.2) is 0 Å². The number of morpholine rings is 1. The van der Waals surface area contributed by atoms with Crippen molar-refractivity contribution in [2.45, 2.75) is 25.0 Å². The average Bonchev–Trinajstić information content (AvgIpc) is 3.19. The number of carbonyl (C=O) groups is 2. The van der Waals surface area contributed by atoms with Crippen molar-refractivity contribution in [3.05, 3.63) is 12.2 Å². The predicted octanol–water partition coefficient (Wildman–Crippen LogP) is -0.460. The van der Waals surface area contributed by atoms with Gasteiger partial charge in [-0.05, 0) is 18.8 Å². The van der Waals surface area contributed by atoms with Gasteiger partial charge in [-0.1, -0.05) is 0 Å². The van der Waals surface area contributed by atoms with Crippen LogP contribution in [0, 0.1) is 5.92 Å². The number of carbonyl (C=O) groups excluding carboxylic acids is 2. The molecule has 0 N–H and O–H groups in total. The van der Waals surface area contributed by atoms with Crippen LogP contribution in [0.2, 0.25) is 0 Å². The third-order valence-corrected chi connectivity index (χ3v) is 4.76. The second-order valence-electron chi connectivity index (χ2n) is 6.86. The van der Waals surface area contributed by atoms with E-state index in [1.54, 1.807) is 21.1 Å². The third-order valence-electron chi connectivity index (χ3n) is 4.76. The molecule has 9 heteroatoms. The Morgan fingerprint density at radius 3 is 2.88 bits per heavy atom. The Labute approximate surface area is 146 Å². The number of ether oxygens (including phenoxy) is 2. The summed E-state index contributed by atoms with van der Waals surface area (Å²) in [6.45, 7) is 1.65. The minimum absolute atomic E-state index is 0.0135. The van der Waals surface area contributed by atoms with Crippen LogP contribution in [0.5, 0.6) is 0 Å². The van der Waals surface area contributed by atoms with Gasteiger partial charge < -0.3 is 19.3 Å². The van der Waals surface area contributed by atoms with Crippen LogP contribution in [0.3, 0.4) is 0 Å². The molecule has 1 aromatic heterocycles. The number of hydrogen-bond donors (Lipinski definition) is 0. The van der Waals surface area contributed by atoms with Gasteiger partial charge in [-0.15, -0.1) is 5.10 Å². The van der Waals surface area contributed by atoms with Gasteiger partial charge in [-0.25, -0.2) is 4.98 Å². The van der Waals surface area contributed by atoms with Crippen molar-refractivity contribution >= 4 is 11.8 Å². The summed E-state index contributed by atoms with van der Waals surface area (Å²) in [6.07, 6.45) is 3.18. The molecule has 1 aromatic rings. The van der Waals surface area contributed by atoms with E-state index < -0.39 is 0 Å². The fraction of sp³-hybridized carbons (Fsp3) is 0.750. The number of nitrogens with zero attached hydrogens (tertiary/aromatic N) is 5. The molecule has 2 heterocycles. The molecule has 9 nitrogen and oxygen atoms in total. The first-order valence-electron chi connectivity index (χ1n) is 8.51. The summed E-state index contributed by atoms with van der Waals surface area (Å²) < 4.78 is 12.9. The Bertz CT molecular complexity index is 632. The van der Waals surface area contributed by atoms with Crippen molar-refractivity contribution in [1.29, 1.82) is 0 Å². The lowest BCUT2D eigenvalue weighted by Crippen LogP contribution is -2.51. The minimum Gasteiger partial charge on any atom is -0.374 e. The SMILES string of the molecule is CN(C)C(=O)COC[C@@H]1C[C@H]2OCCN(C(=O)c3ncn(C)n3)[C@H]2C1. The lowest BCUT2D eigenvalue weighted by molar-refractivity contribution is -0.134. The predicted molar refractivity (Wildman–Crippen MR) is 87.8 cm³/mol. The first kappa shape index (κ1) is 17.8. The molecule has 0 spiro atoms. The van der Waals surface area contributed by atoms with Crippen molar-refractivity contribution in [2.24, 2.45) is 13.0 Å². The van der Waals surface area contributed by atoms with Crippen LogP contribution in [-0.4, -0.2) is 89.0 Å². The van der Waals surface area contributed by atoms with Gasteiger partial charge in [-0.3, -0.25) is 14.3 Å². The van der Waals surface area contributed by atoms with Crippen LogP contribution in [0.1, 0.15) is 23.5 Å². The molecule has 0 bridgehead atoms. The van der Waals surface area contributed by atoms with Crippen molar-refractivity contribution in [1.82, 2.24) is 24.6 Å². The number of aryl methyl sites for hydroxylation is 1. The topological polar surface area (TPSA) is 89.8 Å². The maximum Gasteiger partial charge on any atom is 0.293 e. The van der Waals surface area contributed by atoms with Crippen LogP contribution < -0.4 is 0 Å². The van der Waals surface area contributed by atoms with Crippen molar-refractivity contribution in [3.8, 4) is 0 Å². The van der Waals surface area contributed by atoms with E-state index >= 15 is 0 Å². The molecule has 2 amide bonds. The molecular weight excluding hydrogens is 326 g/mol. The highest BCUT2D eigenvalue weighted by Gasteiger charge is 2.43. The Hall–Kier alpha value is -2.00. The number of rotatable bonds is 5. The molecule has 0 radical (unpaired) electrons. The standard InChI is InChI=1S/C16H25N5O4/c1-19(2)14(22)9-24-8-11-6-12-13(7-11)25-5-4-21(12)16(23)15-17-10-20(3)18-15/h10-13H,4-9H2,1-3H3/t11-,12-,13+/m0/s1. The van der Waals surface area contributed by atoms with E-state index in [4.69, 9.17) is 9.47 Å². The van der Waals surface area contributed by atoms with Crippen LogP contribution in [-0.2, 0) is 21.3 Å². The average molecular weight is 351 g/mol.